The molecule has 0 bridgehead atoms. The molecule has 0 fully saturated rings. The number of imidazole rings is 1. The molecule has 0 saturated carbocycles. The van der Waals surface area contributed by atoms with E-state index in [1.807, 2.05) is 148 Å². The number of fused-ring (bicyclic) bond motifs is 13. The van der Waals surface area contributed by atoms with Crippen molar-refractivity contribution >= 4 is 54.6 Å². The first kappa shape index (κ1) is 36.5. The predicted molar refractivity (Wildman–Crippen MR) is 339 cm³/mol. The molecule has 0 amide bonds. The highest BCUT2D eigenvalue weighted by molar-refractivity contribution is 6.11. The van der Waals surface area contributed by atoms with Gasteiger partial charge in [-0.05, 0) is 170 Å². The number of hydrogen-bond acceptors (Lipinski definition) is 2. The largest absolute Gasteiger partial charge is 0.458 e. The lowest BCUT2D eigenvalue weighted by atomic mass is 9.77. The maximum atomic E-state index is 10.2. The number of hydrogen-bond donors (Lipinski definition) is 0. The van der Waals surface area contributed by atoms with Crippen LogP contribution in [0.3, 0.4) is 0 Å². The maximum Gasteiger partial charge on any atom is 0.269 e. The third kappa shape index (κ3) is 7.76. The molecule has 1 aliphatic rings. The lowest BCUT2D eigenvalue weighted by Gasteiger charge is -2.28. The van der Waals surface area contributed by atoms with E-state index in [1.165, 1.54) is 18.2 Å². The Morgan fingerprint density at radius 1 is 0.476 bits per heavy atom. The number of ether oxygens (including phenoxy) is 1. The van der Waals surface area contributed by atoms with E-state index >= 15 is 0 Å². The summed E-state index contributed by atoms with van der Waals surface area (Å²) in [6, 6.07) is 48.2. The van der Waals surface area contributed by atoms with Crippen LogP contribution in [-0.2, 0) is 10.8 Å². The second kappa shape index (κ2) is 18.4. The minimum Gasteiger partial charge on any atom is -0.458 e. The van der Waals surface area contributed by atoms with E-state index < -0.39 is 67.5 Å². The average molecular weight is 1070 g/mol. The van der Waals surface area contributed by atoms with E-state index in [9.17, 15) is 11.0 Å². The van der Waals surface area contributed by atoms with Crippen LogP contribution >= 0.6 is 0 Å². The van der Waals surface area contributed by atoms with Gasteiger partial charge in [0, 0.05) is 47.7 Å². The van der Waals surface area contributed by atoms with Crippen LogP contribution in [0.5, 0.6) is 11.5 Å². The SMILES string of the molecule is [2H]c1c([2H])c([2H])c2c(c1[2H])-c1cc(C(C)(C)C)c(-c3c(C([2H])([2H])[2H])cccc3C([2H])([2H])[2H])cc1-[n+]1[c-]n(-c3cccc(Oc4ccc5c6ccccc6n(-c6cc(C(C)(C)C)ccn6)c5c4)c3)c3cc(-n4c5ccccc5c5ccccc54)cc(c31)-c1c([2H])c([2H])c([2H])c([2H])c1-2. The van der Waals surface area contributed by atoms with Crippen LogP contribution < -0.4 is 9.30 Å². The number of nitrogens with zero attached hydrogens (tertiary/aromatic N) is 5. The van der Waals surface area contributed by atoms with Crippen LogP contribution in [0, 0.1) is 20.0 Å². The van der Waals surface area contributed by atoms with E-state index in [0.717, 1.165) is 55.0 Å². The number of aryl methyl sites for hydroxylation is 2. The lowest BCUT2D eigenvalue weighted by Crippen LogP contribution is -2.31. The van der Waals surface area contributed by atoms with Crippen molar-refractivity contribution in [2.75, 3.05) is 0 Å². The first-order valence-electron chi connectivity index (χ1n) is 34.4. The molecule has 0 N–H and O–H groups in total. The summed E-state index contributed by atoms with van der Waals surface area (Å²) in [5.74, 6) is 1.69. The van der Waals surface area contributed by atoms with Gasteiger partial charge in [-0.3, -0.25) is 13.7 Å². The second-order valence-electron chi connectivity index (χ2n) is 23.2. The van der Waals surface area contributed by atoms with Gasteiger partial charge in [-0.15, -0.1) is 0 Å². The fraction of sp³-hybridized carbons (Fsp3) is 0.132. The van der Waals surface area contributed by atoms with Gasteiger partial charge in [0.25, 0.3) is 6.33 Å². The molecule has 6 heteroatoms. The summed E-state index contributed by atoms with van der Waals surface area (Å²) in [5.41, 5.74) is 5.19. The highest BCUT2D eigenvalue weighted by atomic mass is 16.5. The molecule has 0 radical (unpaired) electrons. The zero-order valence-electron chi connectivity index (χ0n) is 59.9. The topological polar surface area (TPSA) is 40.8 Å². The van der Waals surface area contributed by atoms with Gasteiger partial charge in [-0.1, -0.05) is 175 Å². The van der Waals surface area contributed by atoms with Gasteiger partial charge in [-0.2, -0.15) is 0 Å². The molecule has 10 aromatic carbocycles. The Balaban J connectivity index is 1.09. The lowest BCUT2D eigenvalue weighted by molar-refractivity contribution is -0.571. The Morgan fingerprint density at radius 3 is 1.70 bits per heavy atom. The fourth-order valence-electron chi connectivity index (χ4n) is 12.2. The van der Waals surface area contributed by atoms with Gasteiger partial charge in [0.15, 0.2) is 0 Å². The van der Waals surface area contributed by atoms with E-state index in [1.54, 1.807) is 21.3 Å². The van der Waals surface area contributed by atoms with Crippen molar-refractivity contribution in [3.63, 3.8) is 0 Å². The van der Waals surface area contributed by atoms with Gasteiger partial charge in [0.2, 0.25) is 0 Å². The molecule has 0 saturated heterocycles. The monoisotopic (exact) mass is 1070 g/mol. The standard InChI is InChI=1S/C76H61N5O/c1-47-21-19-22-48(2)73(47)64-45-69-62(44-65(64)76(6,7)8)56-27-11-9-25-54(56)55-26-10-12-28-57(55)63-41-51(80-66-32-16-13-29-58(66)59-30-14-17-33-67(59)80)42-71-74(63)79(69)46-78(71)50-23-20-24-52(40-50)82-53-35-36-61-60-31-15-18-34-68(60)81(70(61)43-53)72-39-49(37-38-77-72)75(3,4)5/h9-45H,1-8H3/i1D3,2D3,9D,10D,11D,12D,25D,26D,27D,28D. The number of benzene rings is 10. The molecule has 5 heterocycles. The van der Waals surface area contributed by atoms with Crippen molar-refractivity contribution in [1.29, 1.82) is 0 Å². The van der Waals surface area contributed by atoms with Crippen molar-refractivity contribution in [2.45, 2.75) is 66.1 Å². The fourth-order valence-corrected chi connectivity index (χ4v) is 12.2. The van der Waals surface area contributed by atoms with Crippen molar-refractivity contribution in [3.8, 4) is 78.9 Å². The number of para-hydroxylation sites is 3. The van der Waals surface area contributed by atoms with Crippen molar-refractivity contribution in [1.82, 2.24) is 18.7 Å². The minimum absolute atomic E-state index is 0.0699. The van der Waals surface area contributed by atoms with Gasteiger partial charge >= 0.3 is 0 Å². The minimum atomic E-state index is -2.85. The highest BCUT2D eigenvalue weighted by Gasteiger charge is 2.30. The molecule has 0 aliphatic carbocycles. The van der Waals surface area contributed by atoms with E-state index in [4.69, 9.17) is 17.9 Å². The van der Waals surface area contributed by atoms with Crippen LogP contribution in [0.4, 0.5) is 0 Å². The normalized spacial score (nSPS) is 15.1. The van der Waals surface area contributed by atoms with Crippen molar-refractivity contribution in [3.05, 3.63) is 253 Å². The summed E-state index contributed by atoms with van der Waals surface area (Å²) in [6.45, 7) is 6.44. The molecule has 6 nitrogen and oxygen atoms in total. The molecule has 0 spiro atoms. The van der Waals surface area contributed by atoms with Crippen LogP contribution in [0.15, 0.2) is 224 Å². The Bertz CT molecular complexity index is 5600. The van der Waals surface area contributed by atoms with E-state index in [0.29, 0.717) is 39.5 Å². The van der Waals surface area contributed by atoms with Crippen LogP contribution in [0.25, 0.3) is 122 Å². The quantitative estimate of drug-likeness (QED) is 0.123. The first-order valence-corrected chi connectivity index (χ1v) is 27.4. The molecule has 15 rings (SSSR count). The predicted octanol–water partition coefficient (Wildman–Crippen LogP) is 19.3. The molecule has 0 unspecified atom stereocenters. The zero-order valence-corrected chi connectivity index (χ0v) is 45.9. The Hall–Kier alpha value is -9.78. The molecular formula is C76H61N5O. The van der Waals surface area contributed by atoms with Gasteiger partial charge in [0.05, 0.1) is 55.4 Å². The third-order valence-electron chi connectivity index (χ3n) is 16.1. The van der Waals surface area contributed by atoms with Crippen molar-refractivity contribution in [2.24, 2.45) is 0 Å². The molecule has 1 aliphatic heterocycles. The average Bonchev–Trinajstić information content (AvgIpc) is 1.44. The molecular weight excluding hydrogens is 999 g/mol. The van der Waals surface area contributed by atoms with E-state index in [-0.39, 0.29) is 66.7 Å². The molecule has 0 atom stereocenters. The van der Waals surface area contributed by atoms with Gasteiger partial charge < -0.3 is 9.30 Å². The van der Waals surface area contributed by atoms with Gasteiger partial charge in [0.1, 0.15) is 17.3 Å². The molecule has 82 heavy (non-hydrogen) atoms. The summed E-state index contributed by atoms with van der Waals surface area (Å²) >= 11 is 0. The zero-order chi connectivity index (χ0) is 67.7. The Morgan fingerprint density at radius 2 is 1.06 bits per heavy atom. The number of pyridine rings is 1. The highest BCUT2D eigenvalue weighted by Crippen LogP contribution is 2.48. The number of aromatic nitrogens is 5. The van der Waals surface area contributed by atoms with E-state index in [2.05, 4.69) is 54.4 Å². The van der Waals surface area contributed by atoms with Crippen LogP contribution in [-0.4, -0.2) is 18.7 Å². The van der Waals surface area contributed by atoms with Crippen molar-refractivity contribution < 1.29 is 28.5 Å². The molecule has 4 aromatic heterocycles. The summed E-state index contributed by atoms with van der Waals surface area (Å²) < 4.78 is 146. The number of rotatable bonds is 6. The third-order valence-corrected chi connectivity index (χ3v) is 16.1. The summed E-state index contributed by atoms with van der Waals surface area (Å²) in [7, 11) is 0. The summed E-state index contributed by atoms with van der Waals surface area (Å²) in [4.78, 5) is 4.90. The first-order chi connectivity index (χ1) is 45.5. The summed E-state index contributed by atoms with van der Waals surface area (Å²) in [6.07, 6.45) is 5.51. The Labute approximate surface area is 498 Å². The summed E-state index contributed by atoms with van der Waals surface area (Å²) in [5, 5.41) is 3.89. The van der Waals surface area contributed by atoms with Crippen LogP contribution in [0.1, 0.15) is 83.0 Å². The smallest absolute Gasteiger partial charge is 0.269 e. The molecule has 14 aromatic rings. The van der Waals surface area contributed by atoms with Crippen LogP contribution in [0.2, 0.25) is 0 Å². The second-order valence-corrected chi connectivity index (χ2v) is 23.2. The molecule has 396 valence electrons. The maximum absolute atomic E-state index is 10.2. The Kier molecular flexibility index (Phi) is 8.18. The van der Waals surface area contributed by atoms with Gasteiger partial charge in [-0.25, -0.2) is 4.98 Å².